The van der Waals surface area contributed by atoms with Crippen LogP contribution in [0.2, 0.25) is 0 Å². The van der Waals surface area contributed by atoms with Crippen LogP contribution in [0.5, 0.6) is 0 Å². The summed E-state index contributed by atoms with van der Waals surface area (Å²) in [7, 11) is 3.00. The van der Waals surface area contributed by atoms with Gasteiger partial charge < -0.3 is 14.2 Å². The van der Waals surface area contributed by atoms with E-state index in [0.29, 0.717) is 19.8 Å². The maximum absolute atomic E-state index is 10.8. The summed E-state index contributed by atoms with van der Waals surface area (Å²) in [4.78, 5) is 10.8. The first-order valence-corrected chi connectivity index (χ1v) is 4.99. The Kier molecular flexibility index (Phi) is 9.11. The molecular formula is C11H20O4. The Balaban J connectivity index is 3.45. The van der Waals surface area contributed by atoms with Gasteiger partial charge in [0.15, 0.2) is 0 Å². The van der Waals surface area contributed by atoms with Crippen LogP contribution in [0.25, 0.3) is 0 Å². The molecule has 0 aromatic carbocycles. The predicted molar refractivity (Wildman–Crippen MR) is 57.5 cm³/mol. The molecule has 0 unspecified atom stereocenters. The van der Waals surface area contributed by atoms with Crippen LogP contribution in [0.1, 0.15) is 26.2 Å². The number of carbonyl (C=O) groups excluding carboxylic acids is 1. The highest BCUT2D eigenvalue weighted by Crippen LogP contribution is 2.02. The average molecular weight is 216 g/mol. The fraction of sp³-hybridized carbons (Fsp3) is 0.727. The van der Waals surface area contributed by atoms with E-state index in [0.717, 1.165) is 18.4 Å². The number of methoxy groups -OCH3 is 2. The molecule has 0 fully saturated rings. The topological polar surface area (TPSA) is 44.8 Å². The van der Waals surface area contributed by atoms with E-state index in [-0.39, 0.29) is 5.97 Å². The summed E-state index contributed by atoms with van der Waals surface area (Å²) < 4.78 is 14.5. The molecule has 0 spiro atoms. The first kappa shape index (κ1) is 14.1. The lowest BCUT2D eigenvalue weighted by Crippen LogP contribution is -2.00. The van der Waals surface area contributed by atoms with E-state index in [1.807, 2.05) is 6.92 Å². The molecule has 0 N–H and O–H groups in total. The van der Waals surface area contributed by atoms with Crippen LogP contribution in [-0.2, 0) is 19.0 Å². The third-order valence-corrected chi connectivity index (χ3v) is 1.84. The molecule has 0 bridgehead atoms. The van der Waals surface area contributed by atoms with Gasteiger partial charge >= 0.3 is 5.97 Å². The zero-order valence-corrected chi connectivity index (χ0v) is 9.75. The third-order valence-electron chi connectivity index (χ3n) is 1.84. The second-order valence-electron chi connectivity index (χ2n) is 3.27. The van der Waals surface area contributed by atoms with Crippen LogP contribution in [0, 0.1) is 0 Å². The number of allylic oxidation sites excluding steroid dienone is 1. The molecule has 0 radical (unpaired) electrons. The number of ether oxygens (including phenoxy) is 3. The highest BCUT2D eigenvalue weighted by Gasteiger charge is 1.97. The summed E-state index contributed by atoms with van der Waals surface area (Å²) in [5.74, 6) is -0.156. The quantitative estimate of drug-likeness (QED) is 0.269. The Hall–Kier alpha value is -0.870. The Morgan fingerprint density at radius 1 is 1.33 bits per heavy atom. The lowest BCUT2D eigenvalue weighted by molar-refractivity contribution is -0.140. The molecule has 4 nitrogen and oxygen atoms in total. The second kappa shape index (κ2) is 9.68. The molecule has 0 heterocycles. The van der Waals surface area contributed by atoms with Crippen molar-refractivity contribution in [3.05, 3.63) is 11.6 Å². The zero-order chi connectivity index (χ0) is 11.5. The minimum atomic E-state index is -0.156. The number of unbranched alkanes of at least 4 members (excludes halogenated alkanes) is 1. The van der Waals surface area contributed by atoms with Gasteiger partial charge in [0.25, 0.3) is 0 Å². The zero-order valence-electron chi connectivity index (χ0n) is 9.75. The molecule has 0 saturated carbocycles. The molecule has 4 heteroatoms. The van der Waals surface area contributed by atoms with Crippen LogP contribution < -0.4 is 0 Å². The molecule has 0 rings (SSSR count). The lowest BCUT2D eigenvalue weighted by atomic mass is 10.2. The molecule has 0 aromatic heterocycles. The van der Waals surface area contributed by atoms with E-state index in [1.54, 1.807) is 7.11 Å². The van der Waals surface area contributed by atoms with Crippen LogP contribution in [0.3, 0.4) is 0 Å². The number of hydrogen-bond donors (Lipinski definition) is 0. The fourth-order valence-corrected chi connectivity index (χ4v) is 1.04. The molecule has 0 atom stereocenters. The van der Waals surface area contributed by atoms with Gasteiger partial charge in [-0.05, 0) is 19.8 Å². The van der Waals surface area contributed by atoms with Gasteiger partial charge in [-0.1, -0.05) is 11.6 Å². The largest absolute Gasteiger partial charge is 0.469 e. The molecule has 0 amide bonds. The van der Waals surface area contributed by atoms with Gasteiger partial charge in [-0.25, -0.2) is 0 Å². The summed E-state index contributed by atoms with van der Waals surface area (Å²) in [6.07, 6.45) is 4.23. The van der Waals surface area contributed by atoms with Gasteiger partial charge in [0.1, 0.15) is 6.79 Å². The first-order valence-electron chi connectivity index (χ1n) is 4.99. The van der Waals surface area contributed by atoms with Crippen molar-refractivity contribution in [2.45, 2.75) is 26.2 Å². The highest BCUT2D eigenvalue weighted by atomic mass is 16.7. The number of esters is 1. The molecule has 88 valence electrons. The summed E-state index contributed by atoms with van der Waals surface area (Å²) >= 11 is 0. The monoisotopic (exact) mass is 216 g/mol. The number of rotatable bonds is 8. The van der Waals surface area contributed by atoms with E-state index in [1.165, 1.54) is 7.11 Å². The summed E-state index contributed by atoms with van der Waals surface area (Å²) in [5.41, 5.74) is 1.15. The lowest BCUT2D eigenvalue weighted by Gasteiger charge is -2.02. The Bertz CT molecular complexity index is 199. The van der Waals surface area contributed by atoms with E-state index in [4.69, 9.17) is 9.47 Å². The van der Waals surface area contributed by atoms with Gasteiger partial charge in [0.05, 0.1) is 13.7 Å². The second-order valence-corrected chi connectivity index (χ2v) is 3.27. The normalized spacial score (nSPS) is 11.5. The molecule has 0 aliphatic heterocycles. The summed E-state index contributed by atoms with van der Waals surface area (Å²) in [6, 6.07) is 0. The van der Waals surface area contributed by atoms with E-state index >= 15 is 0 Å². The van der Waals surface area contributed by atoms with Crippen LogP contribution in [0.4, 0.5) is 0 Å². The first-order chi connectivity index (χ1) is 7.20. The van der Waals surface area contributed by atoms with Crippen LogP contribution in [-0.4, -0.2) is 33.6 Å². The number of carbonyl (C=O) groups is 1. The third kappa shape index (κ3) is 9.43. The molecule has 15 heavy (non-hydrogen) atoms. The van der Waals surface area contributed by atoms with Crippen molar-refractivity contribution in [2.24, 2.45) is 0 Å². The molecule has 0 aliphatic rings. The molecule has 0 aliphatic carbocycles. The SMILES string of the molecule is COCOC/C(C)=C/CCCC(=O)OC. The van der Waals surface area contributed by atoms with Gasteiger partial charge in [-0.2, -0.15) is 0 Å². The minimum Gasteiger partial charge on any atom is -0.469 e. The highest BCUT2D eigenvalue weighted by molar-refractivity contribution is 5.69. The van der Waals surface area contributed by atoms with E-state index in [2.05, 4.69) is 10.8 Å². The minimum absolute atomic E-state index is 0.156. The smallest absolute Gasteiger partial charge is 0.305 e. The van der Waals surface area contributed by atoms with Crippen molar-refractivity contribution in [1.82, 2.24) is 0 Å². The van der Waals surface area contributed by atoms with Crippen molar-refractivity contribution in [3.63, 3.8) is 0 Å². The molecular weight excluding hydrogens is 196 g/mol. The Morgan fingerprint density at radius 3 is 2.67 bits per heavy atom. The Labute approximate surface area is 91.2 Å². The van der Waals surface area contributed by atoms with Crippen LogP contribution in [0.15, 0.2) is 11.6 Å². The standard InChI is InChI=1S/C11H20O4/c1-10(8-15-9-13-2)6-4-5-7-11(12)14-3/h6H,4-5,7-9H2,1-3H3/b10-6+. The molecule has 0 saturated heterocycles. The van der Waals surface area contributed by atoms with Crippen molar-refractivity contribution in [3.8, 4) is 0 Å². The Morgan fingerprint density at radius 2 is 2.07 bits per heavy atom. The van der Waals surface area contributed by atoms with Crippen molar-refractivity contribution in [2.75, 3.05) is 27.6 Å². The summed E-state index contributed by atoms with van der Waals surface area (Å²) in [6.45, 7) is 2.88. The molecule has 0 aromatic rings. The maximum atomic E-state index is 10.8. The van der Waals surface area contributed by atoms with Crippen LogP contribution >= 0.6 is 0 Å². The van der Waals surface area contributed by atoms with Crippen molar-refractivity contribution >= 4 is 5.97 Å². The van der Waals surface area contributed by atoms with Gasteiger partial charge in [0, 0.05) is 13.5 Å². The maximum Gasteiger partial charge on any atom is 0.305 e. The van der Waals surface area contributed by atoms with Gasteiger partial charge in [-0.3, -0.25) is 4.79 Å². The summed E-state index contributed by atoms with van der Waals surface area (Å²) in [5, 5.41) is 0. The fourth-order valence-electron chi connectivity index (χ4n) is 1.04. The van der Waals surface area contributed by atoms with Crippen molar-refractivity contribution in [1.29, 1.82) is 0 Å². The van der Waals surface area contributed by atoms with E-state index in [9.17, 15) is 4.79 Å². The average Bonchev–Trinajstić information content (AvgIpc) is 2.24. The van der Waals surface area contributed by atoms with Gasteiger partial charge in [-0.15, -0.1) is 0 Å². The van der Waals surface area contributed by atoms with E-state index < -0.39 is 0 Å². The number of hydrogen-bond acceptors (Lipinski definition) is 4. The predicted octanol–water partition coefficient (Wildman–Crippen LogP) is 1.90. The van der Waals surface area contributed by atoms with Gasteiger partial charge in [0.2, 0.25) is 0 Å². The van der Waals surface area contributed by atoms with Crippen molar-refractivity contribution < 1.29 is 19.0 Å².